The van der Waals surface area contributed by atoms with Gasteiger partial charge in [0, 0.05) is 0 Å². The van der Waals surface area contributed by atoms with Gasteiger partial charge in [-0.1, -0.05) is 17.7 Å². The molecule has 0 bridgehead atoms. The zero-order valence-corrected chi connectivity index (χ0v) is 11.2. The Hall–Kier alpha value is -0.470. The van der Waals surface area contributed by atoms with Crippen molar-refractivity contribution in [3.05, 3.63) is 34.4 Å². The van der Waals surface area contributed by atoms with Crippen molar-refractivity contribution in [1.29, 1.82) is 0 Å². The number of hydrogen-bond donors (Lipinski definition) is 1. The maximum absolute atomic E-state index is 10.8. The molecular formula is C14H20OS. The molecule has 1 heterocycles. The lowest BCUT2D eigenvalue weighted by Crippen LogP contribution is -2.32. The summed E-state index contributed by atoms with van der Waals surface area (Å²) in [6.45, 7) is 6.36. The number of benzene rings is 1. The van der Waals surface area contributed by atoms with Crippen LogP contribution in [0.25, 0.3) is 0 Å². The third-order valence-corrected chi connectivity index (χ3v) is 4.45. The lowest BCUT2D eigenvalue weighted by atomic mass is 9.82. The average molecular weight is 236 g/mol. The molecule has 88 valence electrons. The molecule has 0 atom stereocenters. The van der Waals surface area contributed by atoms with Crippen LogP contribution in [0.4, 0.5) is 0 Å². The van der Waals surface area contributed by atoms with Crippen LogP contribution in [0.2, 0.25) is 0 Å². The largest absolute Gasteiger partial charge is 0.385 e. The van der Waals surface area contributed by atoms with Crippen molar-refractivity contribution in [3.8, 4) is 0 Å². The van der Waals surface area contributed by atoms with Crippen molar-refractivity contribution in [2.45, 2.75) is 39.2 Å². The highest BCUT2D eigenvalue weighted by Gasteiger charge is 2.33. The molecule has 1 saturated heterocycles. The van der Waals surface area contributed by atoms with Gasteiger partial charge in [-0.25, -0.2) is 0 Å². The Morgan fingerprint density at radius 1 is 1.06 bits per heavy atom. The first-order valence-corrected chi connectivity index (χ1v) is 7.07. The SMILES string of the molecule is Cc1cc(C)c(C2(O)CCSCC2)c(C)c1. The molecule has 1 aliphatic rings. The van der Waals surface area contributed by atoms with Crippen molar-refractivity contribution >= 4 is 11.8 Å². The van der Waals surface area contributed by atoms with Gasteiger partial charge in [-0.3, -0.25) is 0 Å². The zero-order valence-electron chi connectivity index (χ0n) is 10.3. The van der Waals surface area contributed by atoms with Gasteiger partial charge in [0.1, 0.15) is 0 Å². The van der Waals surface area contributed by atoms with Crippen molar-refractivity contribution in [2.75, 3.05) is 11.5 Å². The van der Waals surface area contributed by atoms with Crippen LogP contribution in [0.15, 0.2) is 12.1 Å². The van der Waals surface area contributed by atoms with E-state index in [1.807, 2.05) is 11.8 Å². The van der Waals surface area contributed by atoms with E-state index in [0.717, 1.165) is 24.3 Å². The highest BCUT2D eigenvalue weighted by atomic mass is 32.2. The molecule has 0 aliphatic carbocycles. The standard InChI is InChI=1S/C14H20OS/c1-10-8-11(2)13(12(3)9-10)14(15)4-6-16-7-5-14/h8-9,15H,4-7H2,1-3H3. The summed E-state index contributed by atoms with van der Waals surface area (Å²) in [6, 6.07) is 4.37. The summed E-state index contributed by atoms with van der Waals surface area (Å²) >= 11 is 1.95. The van der Waals surface area contributed by atoms with Gasteiger partial charge in [0.25, 0.3) is 0 Å². The molecular weight excluding hydrogens is 216 g/mol. The van der Waals surface area contributed by atoms with Crippen LogP contribution in [0.5, 0.6) is 0 Å². The van der Waals surface area contributed by atoms with E-state index in [1.165, 1.54) is 22.3 Å². The molecule has 1 fully saturated rings. The van der Waals surface area contributed by atoms with E-state index in [4.69, 9.17) is 0 Å². The Balaban J connectivity index is 2.46. The van der Waals surface area contributed by atoms with E-state index < -0.39 is 5.60 Å². The molecule has 0 saturated carbocycles. The van der Waals surface area contributed by atoms with Crippen LogP contribution >= 0.6 is 11.8 Å². The van der Waals surface area contributed by atoms with Gasteiger partial charge in [0.2, 0.25) is 0 Å². The van der Waals surface area contributed by atoms with E-state index in [-0.39, 0.29) is 0 Å². The van der Waals surface area contributed by atoms with E-state index in [0.29, 0.717) is 0 Å². The maximum Gasteiger partial charge on any atom is 0.0917 e. The smallest absolute Gasteiger partial charge is 0.0917 e. The molecule has 2 heteroatoms. The number of hydrogen-bond acceptors (Lipinski definition) is 2. The van der Waals surface area contributed by atoms with Gasteiger partial charge < -0.3 is 5.11 Å². The number of aliphatic hydroxyl groups is 1. The van der Waals surface area contributed by atoms with Crippen molar-refractivity contribution < 1.29 is 5.11 Å². The molecule has 1 aromatic rings. The molecule has 16 heavy (non-hydrogen) atoms. The van der Waals surface area contributed by atoms with Crippen LogP contribution in [-0.4, -0.2) is 16.6 Å². The zero-order chi connectivity index (χ0) is 11.8. The molecule has 1 aromatic carbocycles. The average Bonchev–Trinajstić information content (AvgIpc) is 2.16. The summed E-state index contributed by atoms with van der Waals surface area (Å²) in [5.74, 6) is 2.15. The van der Waals surface area contributed by atoms with Gasteiger partial charge >= 0.3 is 0 Å². The molecule has 1 N–H and O–H groups in total. The Kier molecular flexibility index (Phi) is 3.32. The Labute approximate surface area is 102 Å². The van der Waals surface area contributed by atoms with Crippen LogP contribution in [0, 0.1) is 20.8 Å². The molecule has 1 nitrogen and oxygen atoms in total. The van der Waals surface area contributed by atoms with Crippen LogP contribution in [0.1, 0.15) is 35.1 Å². The van der Waals surface area contributed by atoms with Crippen LogP contribution in [-0.2, 0) is 5.60 Å². The minimum absolute atomic E-state index is 0.576. The molecule has 0 unspecified atom stereocenters. The van der Waals surface area contributed by atoms with Crippen LogP contribution < -0.4 is 0 Å². The minimum Gasteiger partial charge on any atom is -0.385 e. The van der Waals surface area contributed by atoms with Gasteiger partial charge in [-0.05, 0) is 61.8 Å². The van der Waals surface area contributed by atoms with Gasteiger partial charge in [-0.15, -0.1) is 0 Å². The first-order valence-electron chi connectivity index (χ1n) is 5.91. The van der Waals surface area contributed by atoms with Gasteiger partial charge in [0.05, 0.1) is 5.60 Å². The third kappa shape index (κ3) is 2.14. The maximum atomic E-state index is 10.8. The quantitative estimate of drug-likeness (QED) is 0.807. The normalized spacial score (nSPS) is 19.8. The molecule has 0 spiro atoms. The third-order valence-electron chi connectivity index (χ3n) is 3.46. The summed E-state index contributed by atoms with van der Waals surface area (Å²) in [4.78, 5) is 0. The van der Waals surface area contributed by atoms with E-state index in [2.05, 4.69) is 32.9 Å². The monoisotopic (exact) mass is 236 g/mol. The van der Waals surface area contributed by atoms with Crippen molar-refractivity contribution in [2.24, 2.45) is 0 Å². The fourth-order valence-electron chi connectivity index (χ4n) is 2.87. The summed E-state index contributed by atoms with van der Waals surface area (Å²) in [5.41, 5.74) is 4.37. The Morgan fingerprint density at radius 2 is 1.56 bits per heavy atom. The number of rotatable bonds is 1. The van der Waals surface area contributed by atoms with E-state index in [9.17, 15) is 5.11 Å². The van der Waals surface area contributed by atoms with Crippen LogP contribution in [0.3, 0.4) is 0 Å². The highest BCUT2D eigenvalue weighted by Crippen LogP contribution is 2.39. The van der Waals surface area contributed by atoms with Gasteiger partial charge in [-0.2, -0.15) is 11.8 Å². The second-order valence-electron chi connectivity index (χ2n) is 4.92. The first-order chi connectivity index (χ1) is 7.53. The lowest BCUT2D eigenvalue weighted by Gasteiger charge is -2.35. The number of thioether (sulfide) groups is 1. The van der Waals surface area contributed by atoms with E-state index in [1.54, 1.807) is 0 Å². The second kappa shape index (κ2) is 4.42. The first kappa shape index (κ1) is 12.0. The minimum atomic E-state index is -0.576. The molecule has 0 radical (unpaired) electrons. The van der Waals surface area contributed by atoms with Gasteiger partial charge in [0.15, 0.2) is 0 Å². The lowest BCUT2D eigenvalue weighted by molar-refractivity contribution is 0.0268. The summed E-state index contributed by atoms with van der Waals surface area (Å²) < 4.78 is 0. The summed E-state index contributed by atoms with van der Waals surface area (Å²) in [6.07, 6.45) is 1.78. The predicted molar refractivity (Wildman–Crippen MR) is 71.1 cm³/mol. The fraction of sp³-hybridized carbons (Fsp3) is 0.571. The molecule has 2 rings (SSSR count). The van der Waals surface area contributed by atoms with E-state index >= 15 is 0 Å². The topological polar surface area (TPSA) is 20.2 Å². The second-order valence-corrected chi connectivity index (χ2v) is 6.14. The number of aryl methyl sites for hydroxylation is 3. The summed E-state index contributed by atoms with van der Waals surface area (Å²) in [5, 5.41) is 10.8. The predicted octanol–water partition coefficient (Wildman–Crippen LogP) is 3.33. The van der Waals surface area contributed by atoms with Crippen molar-refractivity contribution in [1.82, 2.24) is 0 Å². The van der Waals surface area contributed by atoms with Crippen molar-refractivity contribution in [3.63, 3.8) is 0 Å². The molecule has 0 amide bonds. The molecule has 1 aliphatic heterocycles. The fourth-order valence-corrected chi connectivity index (χ4v) is 4.04. The highest BCUT2D eigenvalue weighted by molar-refractivity contribution is 7.99. The Morgan fingerprint density at radius 3 is 2.06 bits per heavy atom. The summed E-state index contributed by atoms with van der Waals surface area (Å²) in [7, 11) is 0. The molecule has 0 aromatic heterocycles. The Bertz CT molecular complexity index is 369.